The van der Waals surface area contributed by atoms with Gasteiger partial charge >= 0.3 is 0 Å². The Balaban J connectivity index is -0.000000176. The van der Waals surface area contributed by atoms with Crippen molar-refractivity contribution in [2.75, 3.05) is 0 Å². The molecule has 0 aromatic heterocycles. The Bertz CT molecular complexity index is 490. The molecule has 2 heteroatoms. The van der Waals surface area contributed by atoms with Gasteiger partial charge in [-0.1, -0.05) is 60.7 Å². The standard InChI is InChI=1S/C13H12O.C5H5.4CH3.Ti/c14-13(11-7-3-1-4-8-11)12-9-5-2-6-10-12;1-2-4-5-3-1;;;;;/h1-10,13-14H;1-5H;4*1H3;/q;5*-1;. The van der Waals surface area contributed by atoms with Crippen LogP contribution >= 0.6 is 0 Å². The Labute approximate surface area is 164 Å². The van der Waals surface area contributed by atoms with Crippen molar-refractivity contribution < 1.29 is 26.8 Å². The van der Waals surface area contributed by atoms with Gasteiger partial charge in [0.05, 0.1) is 0 Å². The summed E-state index contributed by atoms with van der Waals surface area (Å²) in [6, 6.07) is 29.3. The van der Waals surface area contributed by atoms with Crippen molar-refractivity contribution in [3.63, 3.8) is 0 Å². The van der Waals surface area contributed by atoms with Crippen LogP contribution in [0.4, 0.5) is 0 Å². The van der Waals surface area contributed by atoms with Crippen molar-refractivity contribution in [3.8, 4) is 0 Å². The summed E-state index contributed by atoms with van der Waals surface area (Å²) in [6.45, 7) is 0. The predicted molar refractivity (Wildman–Crippen MR) is 105 cm³/mol. The molecule has 0 radical (unpaired) electrons. The van der Waals surface area contributed by atoms with Crippen LogP contribution in [0, 0.1) is 29.7 Å². The van der Waals surface area contributed by atoms with E-state index in [2.05, 4.69) is 0 Å². The molecule has 3 rings (SSSR count). The molecule has 0 saturated carbocycles. The molecule has 0 amide bonds. The summed E-state index contributed by atoms with van der Waals surface area (Å²) in [6.07, 6.45) is -0.516. The van der Waals surface area contributed by atoms with Gasteiger partial charge in [-0.2, -0.15) is 18.2 Å². The Hall–Kier alpha value is -1.54. The zero-order valence-electron chi connectivity index (χ0n) is 15.2. The van der Waals surface area contributed by atoms with E-state index in [0.29, 0.717) is 0 Å². The second-order valence-corrected chi connectivity index (χ2v) is 4.19. The summed E-state index contributed by atoms with van der Waals surface area (Å²) in [5, 5.41) is 9.99. The molecule has 0 unspecified atom stereocenters. The van der Waals surface area contributed by atoms with Crippen LogP contribution in [0.3, 0.4) is 0 Å². The maximum Gasteiger partial charge on any atom is 0.104 e. The average molecular weight is 357 g/mol. The zero-order valence-corrected chi connectivity index (χ0v) is 16.7. The number of benzene rings is 2. The molecule has 0 aliphatic carbocycles. The number of hydrogen-bond acceptors (Lipinski definition) is 1. The number of aliphatic hydroxyl groups excluding tert-OH is 1. The van der Waals surface area contributed by atoms with Gasteiger partial charge in [-0.05, 0) is 11.1 Å². The van der Waals surface area contributed by atoms with Crippen LogP contribution in [0.25, 0.3) is 0 Å². The zero-order chi connectivity index (χ0) is 13.3. The van der Waals surface area contributed by atoms with E-state index in [0.717, 1.165) is 11.1 Å². The Morgan fingerprint density at radius 2 is 0.917 bits per heavy atom. The van der Waals surface area contributed by atoms with E-state index in [1.807, 2.05) is 91.0 Å². The largest absolute Gasteiger partial charge is 0.384 e. The third-order valence-electron chi connectivity index (χ3n) is 2.79. The van der Waals surface area contributed by atoms with Crippen molar-refractivity contribution in [2.45, 2.75) is 6.10 Å². The summed E-state index contributed by atoms with van der Waals surface area (Å²) in [7, 11) is 0. The number of hydrogen-bond donors (Lipinski definition) is 1. The minimum Gasteiger partial charge on any atom is -0.384 e. The van der Waals surface area contributed by atoms with Crippen molar-refractivity contribution in [1.82, 2.24) is 0 Å². The fraction of sp³-hybridized carbons (Fsp3) is 0.0455. The topological polar surface area (TPSA) is 20.2 Å². The van der Waals surface area contributed by atoms with Crippen LogP contribution in [-0.4, -0.2) is 5.11 Å². The Kier molecular flexibility index (Phi) is 22.5. The first-order valence-corrected chi connectivity index (χ1v) is 6.32. The van der Waals surface area contributed by atoms with E-state index >= 15 is 0 Å². The molecule has 24 heavy (non-hydrogen) atoms. The van der Waals surface area contributed by atoms with Gasteiger partial charge in [0.2, 0.25) is 0 Å². The first-order chi connectivity index (χ1) is 9.38. The molecule has 1 N–H and O–H groups in total. The average Bonchev–Trinajstić information content (AvgIpc) is 3.08. The van der Waals surface area contributed by atoms with E-state index in [-0.39, 0.29) is 51.4 Å². The van der Waals surface area contributed by atoms with Gasteiger partial charge in [0.1, 0.15) is 6.10 Å². The van der Waals surface area contributed by atoms with E-state index in [9.17, 15) is 5.11 Å². The first kappa shape index (κ1) is 30.4. The van der Waals surface area contributed by atoms with Gasteiger partial charge in [-0.25, -0.2) is 12.1 Å². The van der Waals surface area contributed by atoms with Crippen LogP contribution in [0.15, 0.2) is 91.0 Å². The van der Waals surface area contributed by atoms with Crippen molar-refractivity contribution in [1.29, 1.82) is 0 Å². The molecule has 0 aliphatic heterocycles. The predicted octanol–water partition coefficient (Wildman–Crippen LogP) is 5.97. The van der Waals surface area contributed by atoms with E-state index < -0.39 is 6.10 Å². The van der Waals surface area contributed by atoms with Crippen molar-refractivity contribution in [2.24, 2.45) is 0 Å². The fourth-order valence-electron chi connectivity index (χ4n) is 1.78. The second kappa shape index (κ2) is 17.8. The van der Waals surface area contributed by atoms with Gasteiger partial charge in [0.15, 0.2) is 0 Å². The Morgan fingerprint density at radius 1 is 0.583 bits per heavy atom. The number of aliphatic hydroxyl groups is 1. The molecular weight excluding hydrogens is 328 g/mol. The maximum atomic E-state index is 9.99. The van der Waals surface area contributed by atoms with Gasteiger partial charge in [0, 0.05) is 21.7 Å². The van der Waals surface area contributed by atoms with Crippen LogP contribution < -0.4 is 0 Å². The van der Waals surface area contributed by atoms with Gasteiger partial charge in [-0.3, -0.25) is 0 Å². The summed E-state index contributed by atoms with van der Waals surface area (Å²) in [4.78, 5) is 0. The molecule has 1 nitrogen and oxygen atoms in total. The molecule has 0 spiro atoms. The van der Waals surface area contributed by atoms with Crippen molar-refractivity contribution >= 4 is 0 Å². The molecule has 0 heterocycles. The SMILES string of the molecule is OC(c1ccccc1)c1ccccc1.[CH3-].[CH3-].[CH3-].[CH3-].[Ti].c1cc[cH-]c1. The molecule has 0 aliphatic rings. The van der Waals surface area contributed by atoms with E-state index in [4.69, 9.17) is 0 Å². The minimum atomic E-state index is -0.516. The molecule has 3 aromatic carbocycles. The maximum absolute atomic E-state index is 9.99. The second-order valence-electron chi connectivity index (χ2n) is 4.19. The fourth-order valence-corrected chi connectivity index (χ4v) is 1.78. The summed E-state index contributed by atoms with van der Waals surface area (Å²) in [5.41, 5.74) is 1.86. The summed E-state index contributed by atoms with van der Waals surface area (Å²) in [5.74, 6) is 0. The molecule has 0 atom stereocenters. The molecule has 0 saturated heterocycles. The van der Waals surface area contributed by atoms with Crippen LogP contribution in [-0.2, 0) is 21.7 Å². The normalized spacial score (nSPS) is 7.75. The van der Waals surface area contributed by atoms with Gasteiger partial charge in [0.25, 0.3) is 0 Å². The monoisotopic (exact) mass is 357 g/mol. The summed E-state index contributed by atoms with van der Waals surface area (Å²) >= 11 is 0. The summed E-state index contributed by atoms with van der Waals surface area (Å²) < 4.78 is 0. The first-order valence-electron chi connectivity index (χ1n) is 6.32. The number of rotatable bonds is 2. The molecule has 3 aromatic rings. The minimum absolute atomic E-state index is 0. The van der Waals surface area contributed by atoms with Crippen LogP contribution in [0.2, 0.25) is 0 Å². The molecule has 132 valence electrons. The van der Waals surface area contributed by atoms with Gasteiger partial charge < -0.3 is 34.8 Å². The third kappa shape index (κ3) is 10.3. The third-order valence-corrected chi connectivity index (χ3v) is 2.79. The Morgan fingerprint density at radius 3 is 1.17 bits per heavy atom. The molecule has 0 fully saturated rings. The van der Waals surface area contributed by atoms with Crippen molar-refractivity contribution in [3.05, 3.63) is 132 Å². The van der Waals surface area contributed by atoms with Crippen LogP contribution in [0.1, 0.15) is 17.2 Å². The van der Waals surface area contributed by atoms with Gasteiger partial charge in [-0.15, -0.1) is 0 Å². The van der Waals surface area contributed by atoms with E-state index in [1.165, 1.54) is 0 Å². The smallest absolute Gasteiger partial charge is 0.104 e. The van der Waals surface area contributed by atoms with E-state index in [1.54, 1.807) is 0 Å². The quantitative estimate of drug-likeness (QED) is 0.442. The molecular formula is C22H29OTi-5. The van der Waals surface area contributed by atoms with Crippen LogP contribution in [0.5, 0.6) is 0 Å². The molecule has 0 bridgehead atoms.